The van der Waals surface area contributed by atoms with E-state index in [4.69, 9.17) is 0 Å². The number of aliphatic hydroxyl groups excluding tert-OH is 1. The number of piperidine rings is 1. The van der Waals surface area contributed by atoms with Gasteiger partial charge in [0.25, 0.3) is 0 Å². The van der Waals surface area contributed by atoms with Gasteiger partial charge in [-0.15, -0.1) is 0 Å². The van der Waals surface area contributed by atoms with Gasteiger partial charge in [-0.25, -0.2) is 0 Å². The fourth-order valence-corrected chi connectivity index (χ4v) is 3.66. The molecule has 2 nitrogen and oxygen atoms in total. The van der Waals surface area contributed by atoms with E-state index in [0.717, 1.165) is 0 Å². The monoisotopic (exact) mass is 282 g/mol. The van der Waals surface area contributed by atoms with Crippen LogP contribution in [-0.2, 0) is 0 Å². The highest BCUT2D eigenvalue weighted by Gasteiger charge is 2.43. The van der Waals surface area contributed by atoms with Crippen LogP contribution < -0.4 is 5.32 Å². The van der Waals surface area contributed by atoms with Crippen LogP contribution >= 0.6 is 0 Å². The van der Waals surface area contributed by atoms with Gasteiger partial charge in [0, 0.05) is 23.0 Å². The highest BCUT2D eigenvalue weighted by atomic mass is 16.3. The second-order valence-corrected chi connectivity index (χ2v) is 6.27. The number of rotatable bonds is 2. The lowest BCUT2D eigenvalue weighted by Gasteiger charge is -2.41. The zero-order valence-corrected chi connectivity index (χ0v) is 12.7. The molecule has 2 aromatic carbocycles. The third-order valence-electron chi connectivity index (χ3n) is 4.99. The van der Waals surface area contributed by atoms with Crippen LogP contribution in [0.3, 0.4) is 0 Å². The van der Waals surface area contributed by atoms with Gasteiger partial charge in [-0.2, -0.15) is 0 Å². The zero-order valence-electron chi connectivity index (χ0n) is 12.7. The Kier molecular flexibility index (Phi) is 4.09. The van der Waals surface area contributed by atoms with E-state index in [2.05, 4.69) is 67.7 Å². The van der Waals surface area contributed by atoms with Gasteiger partial charge in [-0.3, -0.25) is 0 Å². The average Bonchev–Trinajstić information content (AvgIpc) is 2.55. The van der Waals surface area contributed by atoms with Gasteiger partial charge in [-0.05, 0) is 0 Å². The predicted molar refractivity (Wildman–Crippen MR) is 84.6 cm³/mol. The van der Waals surface area contributed by atoms with Crippen molar-refractivity contribution in [3.05, 3.63) is 71.8 Å². The number of benzene rings is 2. The van der Waals surface area contributed by atoms with Gasteiger partial charge < -0.3 is 10.4 Å². The third kappa shape index (κ3) is 2.74. The van der Waals surface area contributed by atoms with Crippen molar-refractivity contribution in [1.29, 1.82) is 0 Å². The van der Waals surface area contributed by atoms with Crippen LogP contribution in [0.4, 0.5) is 0 Å². The van der Waals surface area contributed by atoms with E-state index in [1.165, 1.54) is 11.1 Å². The Morgan fingerprint density at radius 2 is 1.10 bits per heavy atom. The smallest absolute Gasteiger partial charge is 0.117 e. The first-order valence-electron chi connectivity index (χ1n) is 7.81. The van der Waals surface area contributed by atoms with Gasteiger partial charge in [0.15, 0.2) is 0 Å². The molecule has 0 spiro atoms. The Labute approximate surface area is 126 Å². The summed E-state index contributed by atoms with van der Waals surface area (Å²) in [6.45, 7) is 4.33. The van der Waals surface area contributed by atoms with Crippen molar-refractivity contribution in [2.24, 2.45) is 11.8 Å². The minimum atomic E-state index is -0.273. The summed E-state index contributed by atoms with van der Waals surface area (Å²) in [6.07, 6.45) is -0.273. The molecular formula is C19H24NO+. The normalized spacial score (nSPS) is 32.8. The Balaban J connectivity index is 1.93. The first-order chi connectivity index (χ1) is 10.2. The molecule has 3 N–H and O–H groups in total. The van der Waals surface area contributed by atoms with Crippen LogP contribution in [0.15, 0.2) is 60.7 Å². The molecule has 3 rings (SSSR count). The SMILES string of the molecule is C[C@@H]1C(O)[C@@H](C)[C@H](c2ccccc2)[NH2+][C@@H]1c1ccccc1. The van der Waals surface area contributed by atoms with Crippen LogP contribution in [0, 0.1) is 11.8 Å². The van der Waals surface area contributed by atoms with E-state index < -0.39 is 0 Å². The van der Waals surface area contributed by atoms with Gasteiger partial charge >= 0.3 is 0 Å². The number of hydrogen-bond donors (Lipinski definition) is 2. The molecule has 1 unspecified atom stereocenters. The predicted octanol–water partition coefficient (Wildman–Crippen LogP) is 2.68. The first kappa shape index (κ1) is 14.3. The first-order valence-corrected chi connectivity index (χ1v) is 7.81. The molecule has 1 aliphatic rings. The number of aliphatic hydroxyl groups is 1. The van der Waals surface area contributed by atoms with Crippen molar-refractivity contribution >= 4 is 0 Å². The summed E-state index contributed by atoms with van der Waals surface area (Å²) >= 11 is 0. The Bertz CT molecular complexity index is 517. The molecule has 1 fully saturated rings. The summed E-state index contributed by atoms with van der Waals surface area (Å²) in [6, 6.07) is 21.7. The fraction of sp³-hybridized carbons (Fsp3) is 0.368. The maximum absolute atomic E-state index is 10.7. The highest BCUT2D eigenvalue weighted by molar-refractivity contribution is 5.22. The second-order valence-electron chi connectivity index (χ2n) is 6.27. The van der Waals surface area contributed by atoms with Gasteiger partial charge in [0.1, 0.15) is 12.1 Å². The van der Waals surface area contributed by atoms with E-state index in [1.54, 1.807) is 0 Å². The summed E-state index contributed by atoms with van der Waals surface area (Å²) in [5.74, 6) is 0.504. The number of nitrogens with two attached hydrogens (primary N) is 1. The van der Waals surface area contributed by atoms with Crippen molar-refractivity contribution in [3.8, 4) is 0 Å². The topological polar surface area (TPSA) is 36.8 Å². The molecule has 2 heteroatoms. The fourth-order valence-electron chi connectivity index (χ4n) is 3.66. The van der Waals surface area contributed by atoms with Crippen molar-refractivity contribution in [1.82, 2.24) is 0 Å². The third-order valence-corrected chi connectivity index (χ3v) is 4.99. The molecule has 21 heavy (non-hydrogen) atoms. The van der Waals surface area contributed by atoms with Crippen LogP contribution in [0.25, 0.3) is 0 Å². The molecule has 0 saturated carbocycles. The molecule has 5 atom stereocenters. The Hall–Kier alpha value is -1.64. The highest BCUT2D eigenvalue weighted by Crippen LogP contribution is 2.35. The average molecular weight is 282 g/mol. The van der Waals surface area contributed by atoms with Crippen LogP contribution in [0.1, 0.15) is 37.1 Å². The standard InChI is InChI=1S/C19H23NO/c1-13-17(15-9-5-3-6-10-15)20-18(14(2)19(13)21)16-11-7-4-8-12-16/h3-14,17-21H,1-2H3/p+1/t13-,14-,17-,18+,19?/m0/s1. The van der Waals surface area contributed by atoms with Gasteiger partial charge in [-0.1, -0.05) is 74.5 Å². The Morgan fingerprint density at radius 3 is 1.48 bits per heavy atom. The van der Waals surface area contributed by atoms with Crippen LogP contribution in [0.5, 0.6) is 0 Å². The molecule has 0 aliphatic carbocycles. The van der Waals surface area contributed by atoms with E-state index in [-0.39, 0.29) is 17.9 Å². The molecule has 1 saturated heterocycles. The summed E-state index contributed by atoms with van der Waals surface area (Å²) in [7, 11) is 0. The molecule has 1 aliphatic heterocycles. The molecule has 0 bridgehead atoms. The zero-order chi connectivity index (χ0) is 14.8. The number of quaternary nitrogens is 1. The summed E-state index contributed by atoms with van der Waals surface area (Å²) in [4.78, 5) is 0. The van der Waals surface area contributed by atoms with Crippen LogP contribution in [-0.4, -0.2) is 11.2 Å². The second kappa shape index (κ2) is 6.00. The van der Waals surface area contributed by atoms with Gasteiger partial charge in [0.05, 0.1) is 6.10 Å². The van der Waals surface area contributed by atoms with E-state index in [1.807, 2.05) is 12.1 Å². The largest absolute Gasteiger partial charge is 0.392 e. The molecule has 1 heterocycles. The maximum Gasteiger partial charge on any atom is 0.117 e. The van der Waals surface area contributed by atoms with E-state index >= 15 is 0 Å². The van der Waals surface area contributed by atoms with Crippen molar-refractivity contribution in [2.75, 3.05) is 0 Å². The molecule has 0 aromatic heterocycles. The lowest BCUT2D eigenvalue weighted by atomic mass is 9.75. The molecule has 110 valence electrons. The van der Waals surface area contributed by atoms with E-state index in [0.29, 0.717) is 12.1 Å². The van der Waals surface area contributed by atoms with Crippen LogP contribution in [0.2, 0.25) is 0 Å². The van der Waals surface area contributed by atoms with E-state index in [9.17, 15) is 5.11 Å². The number of hydrogen-bond acceptors (Lipinski definition) is 1. The Morgan fingerprint density at radius 1 is 0.714 bits per heavy atom. The van der Waals surface area contributed by atoms with Gasteiger partial charge in [0.2, 0.25) is 0 Å². The van der Waals surface area contributed by atoms with Crippen molar-refractivity contribution < 1.29 is 10.4 Å². The molecule has 2 aromatic rings. The maximum atomic E-state index is 10.7. The summed E-state index contributed by atoms with van der Waals surface area (Å²) < 4.78 is 0. The summed E-state index contributed by atoms with van der Waals surface area (Å²) in [5, 5.41) is 13.1. The molecular weight excluding hydrogens is 258 g/mol. The van der Waals surface area contributed by atoms with Crippen molar-refractivity contribution in [3.63, 3.8) is 0 Å². The molecule has 0 amide bonds. The molecule has 0 radical (unpaired) electrons. The lowest BCUT2D eigenvalue weighted by Crippen LogP contribution is -2.92. The quantitative estimate of drug-likeness (QED) is 0.873. The summed E-state index contributed by atoms with van der Waals surface area (Å²) in [5.41, 5.74) is 2.61. The lowest BCUT2D eigenvalue weighted by molar-refractivity contribution is -0.760. The minimum Gasteiger partial charge on any atom is -0.392 e. The van der Waals surface area contributed by atoms with Crippen molar-refractivity contribution in [2.45, 2.75) is 32.0 Å². The minimum absolute atomic E-state index is 0.252.